The summed E-state index contributed by atoms with van der Waals surface area (Å²) in [6, 6.07) is 14.4. The minimum absolute atomic E-state index is 0.0688. The number of carbonyl (C=O) groups is 2. The van der Waals surface area contributed by atoms with Crippen molar-refractivity contribution >= 4 is 46.0 Å². The van der Waals surface area contributed by atoms with E-state index in [0.717, 1.165) is 17.0 Å². The number of aliphatic imine (C=N–C) groups is 2. The van der Waals surface area contributed by atoms with Crippen molar-refractivity contribution in [2.24, 2.45) is 15.9 Å². The molecule has 2 aliphatic heterocycles. The molecule has 2 aromatic carbocycles. The van der Waals surface area contributed by atoms with E-state index in [1.807, 2.05) is 45.0 Å². The van der Waals surface area contributed by atoms with Gasteiger partial charge in [0.2, 0.25) is 5.91 Å². The van der Waals surface area contributed by atoms with Gasteiger partial charge in [0, 0.05) is 11.3 Å². The number of thioether (sulfide) groups is 1. The van der Waals surface area contributed by atoms with Crippen molar-refractivity contribution in [2.45, 2.75) is 38.5 Å². The molecule has 2 heterocycles. The summed E-state index contributed by atoms with van der Waals surface area (Å²) in [4.78, 5) is 37.3. The monoisotopic (exact) mass is 450 g/mol. The number of nitrogens with zero attached hydrogens (tertiary/aromatic N) is 3. The van der Waals surface area contributed by atoms with Crippen molar-refractivity contribution in [3.05, 3.63) is 54.1 Å². The zero-order valence-electron chi connectivity index (χ0n) is 18.5. The van der Waals surface area contributed by atoms with Gasteiger partial charge in [-0.05, 0) is 48.7 Å². The number of para-hydroxylation sites is 1. The maximum Gasteiger partial charge on any atom is 0.259 e. The topological polar surface area (TPSA) is 83.4 Å². The van der Waals surface area contributed by atoms with Gasteiger partial charge >= 0.3 is 0 Å². The number of anilines is 1. The number of amidine groups is 2. The number of nitrogens with one attached hydrogen (secondary N) is 1. The molecule has 8 heteroatoms. The summed E-state index contributed by atoms with van der Waals surface area (Å²) < 4.78 is 5.17. The molecule has 0 spiro atoms. The van der Waals surface area contributed by atoms with Gasteiger partial charge in [-0.3, -0.25) is 14.6 Å². The first-order valence-corrected chi connectivity index (χ1v) is 11.5. The number of benzene rings is 2. The molecule has 2 atom stereocenters. The molecule has 7 nitrogen and oxygen atoms in total. The fraction of sp³-hybridized carbons (Fsp3) is 0.333. The van der Waals surface area contributed by atoms with E-state index in [0.29, 0.717) is 23.1 Å². The second-order valence-electron chi connectivity index (χ2n) is 7.96. The smallest absolute Gasteiger partial charge is 0.259 e. The van der Waals surface area contributed by atoms with Crippen LogP contribution in [0.25, 0.3) is 0 Å². The van der Waals surface area contributed by atoms with Crippen molar-refractivity contribution in [1.29, 1.82) is 0 Å². The van der Waals surface area contributed by atoms with Gasteiger partial charge in [0.05, 0.1) is 18.0 Å². The van der Waals surface area contributed by atoms with E-state index in [4.69, 9.17) is 14.7 Å². The average molecular weight is 451 g/mol. The van der Waals surface area contributed by atoms with Crippen LogP contribution in [-0.4, -0.2) is 46.1 Å². The van der Waals surface area contributed by atoms with E-state index in [1.165, 1.54) is 11.8 Å². The third kappa shape index (κ3) is 4.14. The quantitative estimate of drug-likeness (QED) is 0.704. The van der Waals surface area contributed by atoms with Crippen LogP contribution in [-0.2, 0) is 9.59 Å². The van der Waals surface area contributed by atoms with Gasteiger partial charge in [0.15, 0.2) is 5.17 Å². The number of hydrogen-bond acceptors (Lipinski definition) is 6. The summed E-state index contributed by atoms with van der Waals surface area (Å²) >= 11 is 1.30. The van der Waals surface area contributed by atoms with E-state index in [1.54, 1.807) is 36.3 Å². The Labute approximate surface area is 192 Å². The first kappa shape index (κ1) is 22.1. The highest BCUT2D eigenvalue weighted by Gasteiger charge is 2.43. The Kier molecular flexibility index (Phi) is 6.32. The molecule has 0 fully saturated rings. The number of hydrogen-bond donors (Lipinski definition) is 1. The van der Waals surface area contributed by atoms with Crippen LogP contribution in [0.2, 0.25) is 0 Å². The number of rotatable bonds is 6. The maximum absolute atomic E-state index is 13.2. The Morgan fingerprint density at radius 2 is 1.91 bits per heavy atom. The standard InChI is InChI=1S/C24H26N4O3S/c1-5-19(22(29)25-15-10-12-16(31-4)13-11-15)32-24-26-18-9-7-6-8-17(18)21-27-20(14(2)3)23(30)28(21)24/h6-14,19-20H,5H2,1-4H3,(H,25,29)/t19-,20-/m1/s1. The van der Waals surface area contributed by atoms with Gasteiger partial charge in [-0.1, -0.05) is 44.7 Å². The maximum atomic E-state index is 13.2. The Bertz CT molecular complexity index is 1090. The molecule has 32 heavy (non-hydrogen) atoms. The predicted molar refractivity (Wildman–Crippen MR) is 129 cm³/mol. The molecule has 0 bridgehead atoms. The first-order valence-electron chi connectivity index (χ1n) is 10.6. The van der Waals surface area contributed by atoms with Crippen molar-refractivity contribution in [1.82, 2.24) is 4.90 Å². The van der Waals surface area contributed by atoms with Crippen LogP contribution >= 0.6 is 11.8 Å². The molecular weight excluding hydrogens is 424 g/mol. The van der Waals surface area contributed by atoms with Crippen LogP contribution < -0.4 is 10.1 Å². The lowest BCUT2D eigenvalue weighted by atomic mass is 10.1. The van der Waals surface area contributed by atoms with Gasteiger partial charge in [-0.25, -0.2) is 9.89 Å². The summed E-state index contributed by atoms with van der Waals surface area (Å²) in [6.45, 7) is 5.91. The summed E-state index contributed by atoms with van der Waals surface area (Å²) in [5, 5.41) is 3.02. The summed E-state index contributed by atoms with van der Waals surface area (Å²) in [5.41, 5.74) is 2.28. The van der Waals surface area contributed by atoms with Crippen LogP contribution in [0.5, 0.6) is 5.75 Å². The molecule has 0 radical (unpaired) electrons. The molecule has 0 saturated carbocycles. The molecule has 0 aromatic heterocycles. The lowest BCUT2D eigenvalue weighted by molar-refractivity contribution is -0.125. The highest BCUT2D eigenvalue weighted by atomic mass is 32.2. The third-order valence-electron chi connectivity index (χ3n) is 5.40. The minimum Gasteiger partial charge on any atom is -0.497 e. The van der Waals surface area contributed by atoms with Gasteiger partial charge in [-0.2, -0.15) is 0 Å². The van der Waals surface area contributed by atoms with E-state index in [9.17, 15) is 9.59 Å². The highest BCUT2D eigenvalue weighted by Crippen LogP contribution is 2.36. The van der Waals surface area contributed by atoms with Gasteiger partial charge in [0.1, 0.15) is 17.6 Å². The highest BCUT2D eigenvalue weighted by molar-refractivity contribution is 8.15. The van der Waals surface area contributed by atoms with Crippen LogP contribution in [0.4, 0.5) is 11.4 Å². The number of carbonyl (C=O) groups excluding carboxylic acids is 2. The lowest BCUT2D eigenvalue weighted by Gasteiger charge is -2.27. The Morgan fingerprint density at radius 1 is 1.19 bits per heavy atom. The van der Waals surface area contributed by atoms with Crippen LogP contribution in [0.1, 0.15) is 32.8 Å². The Morgan fingerprint density at radius 3 is 2.56 bits per heavy atom. The van der Waals surface area contributed by atoms with Crippen molar-refractivity contribution < 1.29 is 14.3 Å². The minimum atomic E-state index is -0.449. The fourth-order valence-electron chi connectivity index (χ4n) is 3.63. The molecule has 2 aromatic rings. The van der Waals surface area contributed by atoms with Crippen LogP contribution in [0.15, 0.2) is 58.5 Å². The average Bonchev–Trinajstić information content (AvgIpc) is 3.16. The fourth-order valence-corrected chi connectivity index (χ4v) is 4.65. The zero-order chi connectivity index (χ0) is 22.8. The van der Waals surface area contributed by atoms with Crippen LogP contribution in [0.3, 0.4) is 0 Å². The normalized spacial score (nSPS) is 18.0. The molecule has 2 amide bonds. The Hall–Kier alpha value is -3.13. The largest absolute Gasteiger partial charge is 0.497 e. The molecule has 0 unspecified atom stereocenters. The Balaban J connectivity index is 1.60. The van der Waals surface area contributed by atoms with Crippen LogP contribution in [0, 0.1) is 5.92 Å². The predicted octanol–water partition coefficient (Wildman–Crippen LogP) is 4.46. The molecule has 0 saturated heterocycles. The van der Waals surface area contributed by atoms with E-state index >= 15 is 0 Å². The summed E-state index contributed by atoms with van der Waals surface area (Å²) in [7, 11) is 1.60. The number of amides is 2. The number of fused-ring (bicyclic) bond motifs is 3. The van der Waals surface area contributed by atoms with Gasteiger partial charge < -0.3 is 10.1 Å². The van der Waals surface area contributed by atoms with E-state index in [2.05, 4.69) is 5.32 Å². The lowest BCUT2D eigenvalue weighted by Crippen LogP contribution is -2.43. The molecule has 166 valence electrons. The SMILES string of the molecule is CC[C@@H](SC1=Nc2ccccc2C2=N[C@H](C(C)C)C(=O)N12)C(=O)Nc1ccc(OC)cc1. The molecule has 4 rings (SSSR count). The van der Waals surface area contributed by atoms with Gasteiger partial charge in [0.25, 0.3) is 5.91 Å². The molecular formula is C24H26N4O3S. The second-order valence-corrected chi connectivity index (χ2v) is 9.13. The molecule has 1 N–H and O–H groups in total. The number of ether oxygens (including phenoxy) is 1. The van der Waals surface area contributed by atoms with E-state index in [-0.39, 0.29) is 17.7 Å². The van der Waals surface area contributed by atoms with Crippen molar-refractivity contribution in [3.8, 4) is 5.75 Å². The third-order valence-corrected chi connectivity index (χ3v) is 6.72. The summed E-state index contributed by atoms with van der Waals surface area (Å²) in [5.74, 6) is 1.17. The van der Waals surface area contributed by atoms with E-state index < -0.39 is 11.3 Å². The molecule has 2 aliphatic rings. The number of methoxy groups -OCH3 is 1. The van der Waals surface area contributed by atoms with Crippen molar-refractivity contribution in [2.75, 3.05) is 12.4 Å². The summed E-state index contributed by atoms with van der Waals surface area (Å²) in [6.07, 6.45) is 0.579. The molecule has 0 aliphatic carbocycles. The zero-order valence-corrected chi connectivity index (χ0v) is 19.3. The second kappa shape index (κ2) is 9.16. The van der Waals surface area contributed by atoms with Crippen molar-refractivity contribution in [3.63, 3.8) is 0 Å². The first-order chi connectivity index (χ1) is 15.4. The van der Waals surface area contributed by atoms with Gasteiger partial charge in [-0.15, -0.1) is 0 Å².